The lowest BCUT2D eigenvalue weighted by atomic mass is 10.0. The number of benzene rings is 1. The zero-order chi connectivity index (χ0) is 14.3. The molecule has 0 aliphatic carbocycles. The third kappa shape index (κ3) is 4.35. The smallest absolute Gasteiger partial charge is 0.341 e. The summed E-state index contributed by atoms with van der Waals surface area (Å²) in [6.45, 7) is 4.29. The van der Waals surface area contributed by atoms with Crippen LogP contribution in [0.5, 0.6) is 5.75 Å². The fraction of sp³-hybridized carbons (Fsp3) is 0.429. The van der Waals surface area contributed by atoms with Crippen molar-refractivity contribution in [1.82, 2.24) is 0 Å². The van der Waals surface area contributed by atoms with Crippen molar-refractivity contribution >= 4 is 27.7 Å². The maximum Gasteiger partial charge on any atom is 0.341 e. The highest BCUT2D eigenvalue weighted by atomic mass is 79.9. The molecule has 1 rings (SSSR count). The number of carbonyl (C=O) groups excluding carboxylic acids is 2. The van der Waals surface area contributed by atoms with E-state index in [4.69, 9.17) is 9.47 Å². The molecule has 0 heterocycles. The second kappa shape index (κ2) is 7.94. The van der Waals surface area contributed by atoms with E-state index in [2.05, 4.69) is 15.9 Å². The minimum atomic E-state index is -0.473. The summed E-state index contributed by atoms with van der Waals surface area (Å²) in [5.74, 6) is -0.0544. The van der Waals surface area contributed by atoms with Crippen molar-refractivity contribution in [2.24, 2.45) is 0 Å². The van der Waals surface area contributed by atoms with Gasteiger partial charge < -0.3 is 9.47 Å². The third-order valence-corrected chi connectivity index (χ3v) is 2.81. The average Bonchev–Trinajstić information content (AvgIpc) is 2.40. The molecule has 0 saturated heterocycles. The maximum absolute atomic E-state index is 11.9. The molecule has 0 fully saturated rings. The van der Waals surface area contributed by atoms with Gasteiger partial charge in [0.2, 0.25) is 0 Å². The molecule has 104 valence electrons. The van der Waals surface area contributed by atoms with Gasteiger partial charge in [-0.05, 0) is 32.0 Å². The summed E-state index contributed by atoms with van der Waals surface area (Å²) < 4.78 is 10.3. The summed E-state index contributed by atoms with van der Waals surface area (Å²) in [6.07, 6.45) is 0.385. The first kappa shape index (κ1) is 15.7. The maximum atomic E-state index is 11.9. The first-order valence-corrected chi connectivity index (χ1v) is 7.29. The predicted octanol–water partition coefficient (Wildman–Crippen LogP) is 3.23. The van der Waals surface area contributed by atoms with E-state index < -0.39 is 5.97 Å². The molecule has 0 saturated carbocycles. The van der Waals surface area contributed by atoms with Crippen LogP contribution in [0, 0.1) is 0 Å². The Morgan fingerprint density at radius 3 is 2.53 bits per heavy atom. The zero-order valence-corrected chi connectivity index (χ0v) is 12.7. The summed E-state index contributed by atoms with van der Waals surface area (Å²) in [7, 11) is 0. The number of hydrogen-bond acceptors (Lipinski definition) is 4. The van der Waals surface area contributed by atoms with Gasteiger partial charge in [0.05, 0.1) is 13.2 Å². The molecule has 0 amide bonds. The molecule has 0 radical (unpaired) electrons. The van der Waals surface area contributed by atoms with Gasteiger partial charge in [-0.1, -0.05) is 15.9 Å². The van der Waals surface area contributed by atoms with Crippen LogP contribution in [0.1, 0.15) is 41.0 Å². The number of rotatable bonds is 7. The molecule has 0 unspecified atom stereocenters. The van der Waals surface area contributed by atoms with Crippen molar-refractivity contribution in [1.29, 1.82) is 0 Å². The van der Waals surface area contributed by atoms with Gasteiger partial charge in [0.1, 0.15) is 11.3 Å². The molecule has 1 aromatic carbocycles. The van der Waals surface area contributed by atoms with E-state index in [1.165, 1.54) is 6.07 Å². The van der Waals surface area contributed by atoms with E-state index in [9.17, 15) is 9.59 Å². The van der Waals surface area contributed by atoms with Gasteiger partial charge in [0.15, 0.2) is 5.78 Å². The van der Waals surface area contributed by atoms with E-state index in [0.717, 1.165) is 0 Å². The summed E-state index contributed by atoms with van der Waals surface area (Å²) in [4.78, 5) is 23.7. The molecule has 4 nitrogen and oxygen atoms in total. The molecule has 0 spiro atoms. The Hall–Kier alpha value is -1.36. The minimum Gasteiger partial charge on any atom is -0.493 e. The number of ether oxygens (including phenoxy) is 2. The first-order valence-electron chi connectivity index (χ1n) is 6.17. The monoisotopic (exact) mass is 328 g/mol. The highest BCUT2D eigenvalue weighted by molar-refractivity contribution is 9.09. The van der Waals surface area contributed by atoms with Crippen LogP contribution in [0.4, 0.5) is 0 Å². The Morgan fingerprint density at radius 2 is 1.95 bits per heavy atom. The van der Waals surface area contributed by atoms with Crippen molar-refractivity contribution in [3.63, 3.8) is 0 Å². The number of esters is 1. The Morgan fingerprint density at radius 1 is 1.21 bits per heavy atom. The lowest BCUT2D eigenvalue weighted by Crippen LogP contribution is -2.10. The standard InChI is InChI=1S/C14H17BrO4/c1-3-18-13-6-5-10(12(16)7-8-15)9-11(13)14(17)19-4-2/h5-6,9H,3-4,7-8H2,1-2H3. The van der Waals surface area contributed by atoms with Gasteiger partial charge in [0, 0.05) is 17.3 Å². The van der Waals surface area contributed by atoms with Crippen LogP contribution in [0.2, 0.25) is 0 Å². The van der Waals surface area contributed by atoms with Crippen molar-refractivity contribution in [2.45, 2.75) is 20.3 Å². The Bertz CT molecular complexity index is 457. The minimum absolute atomic E-state index is 0.0227. The lowest BCUT2D eigenvalue weighted by Gasteiger charge is -2.10. The zero-order valence-electron chi connectivity index (χ0n) is 11.1. The predicted molar refractivity (Wildman–Crippen MR) is 76.3 cm³/mol. The van der Waals surface area contributed by atoms with Gasteiger partial charge in [-0.2, -0.15) is 0 Å². The Labute approximate surface area is 121 Å². The highest BCUT2D eigenvalue weighted by Gasteiger charge is 2.16. The number of carbonyl (C=O) groups is 2. The summed E-state index contributed by atoms with van der Waals surface area (Å²) in [5.41, 5.74) is 0.787. The van der Waals surface area contributed by atoms with Crippen molar-refractivity contribution in [3.05, 3.63) is 29.3 Å². The number of ketones is 1. The molecule has 19 heavy (non-hydrogen) atoms. The summed E-state index contributed by atoms with van der Waals surface area (Å²) >= 11 is 3.22. The number of Topliss-reactive ketones (excluding diaryl/α,β-unsaturated/α-hetero) is 1. The molecule has 0 bridgehead atoms. The largest absolute Gasteiger partial charge is 0.493 e. The normalized spacial score (nSPS) is 10.1. The lowest BCUT2D eigenvalue weighted by molar-refractivity contribution is 0.0522. The summed E-state index contributed by atoms with van der Waals surface area (Å²) in [5, 5.41) is 0.591. The SMILES string of the molecule is CCOC(=O)c1cc(C(=O)CCBr)ccc1OCC. The fourth-order valence-corrected chi connectivity index (χ4v) is 1.94. The third-order valence-electron chi connectivity index (χ3n) is 2.42. The second-order valence-corrected chi connectivity index (χ2v) is 4.52. The van der Waals surface area contributed by atoms with Gasteiger partial charge in [-0.3, -0.25) is 4.79 Å². The molecule has 0 N–H and O–H groups in total. The topological polar surface area (TPSA) is 52.6 Å². The van der Waals surface area contributed by atoms with E-state index in [1.54, 1.807) is 19.1 Å². The highest BCUT2D eigenvalue weighted by Crippen LogP contribution is 2.22. The molecule has 5 heteroatoms. The van der Waals surface area contributed by atoms with Crippen LogP contribution in [0.3, 0.4) is 0 Å². The van der Waals surface area contributed by atoms with Crippen LogP contribution in [-0.4, -0.2) is 30.3 Å². The van der Waals surface area contributed by atoms with Crippen molar-refractivity contribution in [3.8, 4) is 5.75 Å². The van der Waals surface area contributed by atoms with Crippen LogP contribution in [0.25, 0.3) is 0 Å². The Kier molecular flexibility index (Phi) is 6.56. The van der Waals surface area contributed by atoms with E-state index in [0.29, 0.717) is 35.2 Å². The Balaban J connectivity index is 3.10. The molecule has 1 aromatic rings. The van der Waals surface area contributed by atoms with Crippen molar-refractivity contribution < 1.29 is 19.1 Å². The number of alkyl halides is 1. The molecular weight excluding hydrogens is 312 g/mol. The second-order valence-electron chi connectivity index (χ2n) is 3.73. The van der Waals surface area contributed by atoms with E-state index in [-0.39, 0.29) is 12.4 Å². The van der Waals surface area contributed by atoms with Crippen LogP contribution < -0.4 is 4.74 Å². The fourth-order valence-electron chi connectivity index (χ4n) is 1.58. The molecule has 0 atom stereocenters. The van der Waals surface area contributed by atoms with Crippen LogP contribution >= 0.6 is 15.9 Å². The quantitative estimate of drug-likeness (QED) is 0.438. The van der Waals surface area contributed by atoms with Gasteiger partial charge in [0.25, 0.3) is 0 Å². The summed E-state index contributed by atoms with van der Waals surface area (Å²) in [6, 6.07) is 4.84. The van der Waals surface area contributed by atoms with Gasteiger partial charge >= 0.3 is 5.97 Å². The van der Waals surface area contributed by atoms with Gasteiger partial charge in [-0.25, -0.2) is 4.79 Å². The average molecular weight is 329 g/mol. The first-order chi connectivity index (χ1) is 9.13. The molecule has 0 aromatic heterocycles. The van der Waals surface area contributed by atoms with Crippen LogP contribution in [-0.2, 0) is 4.74 Å². The van der Waals surface area contributed by atoms with Crippen LogP contribution in [0.15, 0.2) is 18.2 Å². The molecule has 0 aliphatic rings. The van der Waals surface area contributed by atoms with Gasteiger partial charge in [-0.15, -0.1) is 0 Å². The number of halogens is 1. The van der Waals surface area contributed by atoms with E-state index in [1.807, 2.05) is 6.92 Å². The number of hydrogen-bond donors (Lipinski definition) is 0. The molecular formula is C14H17BrO4. The van der Waals surface area contributed by atoms with E-state index >= 15 is 0 Å². The molecule has 0 aliphatic heterocycles. The van der Waals surface area contributed by atoms with Crippen molar-refractivity contribution in [2.75, 3.05) is 18.5 Å².